The Labute approximate surface area is 128 Å². The first-order chi connectivity index (χ1) is 9.56. The van der Waals surface area contributed by atoms with Gasteiger partial charge in [-0.15, -0.1) is 0 Å². The molecule has 20 heavy (non-hydrogen) atoms. The summed E-state index contributed by atoms with van der Waals surface area (Å²) in [6, 6.07) is 5.15. The van der Waals surface area contributed by atoms with E-state index >= 15 is 0 Å². The van der Waals surface area contributed by atoms with E-state index in [2.05, 4.69) is 8.75 Å². The molecule has 0 fully saturated rings. The quantitative estimate of drug-likeness (QED) is 0.716. The molecule has 0 amide bonds. The maximum Gasteiger partial charge on any atom is 0.138 e. The van der Waals surface area contributed by atoms with Crippen LogP contribution in [-0.2, 0) is 11.2 Å². The highest BCUT2D eigenvalue weighted by Crippen LogP contribution is 2.38. The number of halogens is 2. The van der Waals surface area contributed by atoms with Gasteiger partial charge in [-0.2, -0.15) is 8.75 Å². The second-order valence-electron chi connectivity index (χ2n) is 4.32. The second-order valence-corrected chi connectivity index (χ2v) is 5.66. The van der Waals surface area contributed by atoms with E-state index in [0.29, 0.717) is 38.2 Å². The highest BCUT2D eigenvalue weighted by Gasteiger charge is 2.18. The van der Waals surface area contributed by atoms with Crippen LogP contribution in [0.1, 0.15) is 12.7 Å². The molecule has 3 rings (SSSR count). The topological polar surface area (TPSA) is 56.0 Å². The van der Waals surface area contributed by atoms with Gasteiger partial charge in [0.2, 0.25) is 0 Å². The van der Waals surface area contributed by atoms with Crippen molar-refractivity contribution >= 4 is 51.7 Å². The fourth-order valence-corrected chi connectivity index (χ4v) is 3.17. The van der Waals surface area contributed by atoms with Gasteiger partial charge in [-0.05, 0) is 25.1 Å². The summed E-state index contributed by atoms with van der Waals surface area (Å²) in [5.41, 5.74) is 1.85. The molecule has 0 N–H and O–H groups in total. The third-order valence-electron chi connectivity index (χ3n) is 2.78. The maximum atomic E-state index is 11.1. The monoisotopic (exact) mass is 326 g/mol. The lowest BCUT2D eigenvalue weighted by molar-refractivity contribution is -0.116. The first-order valence-corrected chi connectivity index (χ1v) is 7.23. The number of carbonyl (C=O) groups excluding carboxylic acids is 1. The molecule has 0 unspecified atom stereocenters. The molecule has 0 saturated heterocycles. The van der Waals surface area contributed by atoms with E-state index in [1.807, 2.05) is 0 Å². The molecule has 2 aromatic heterocycles. The maximum absolute atomic E-state index is 11.1. The fraction of sp³-hybridized carbons (Fsp3) is 0.154. The molecule has 0 aliphatic heterocycles. The van der Waals surface area contributed by atoms with Crippen molar-refractivity contribution in [2.75, 3.05) is 0 Å². The average molecular weight is 327 g/mol. The van der Waals surface area contributed by atoms with Gasteiger partial charge in [-0.25, -0.2) is 0 Å². The molecule has 0 atom stereocenters. The Morgan fingerprint density at radius 2 is 2.00 bits per heavy atom. The molecule has 0 aliphatic carbocycles. The Bertz CT molecular complexity index is 810. The lowest BCUT2D eigenvalue weighted by atomic mass is 10.1. The molecule has 4 nitrogen and oxygen atoms in total. The smallest absolute Gasteiger partial charge is 0.138 e. The summed E-state index contributed by atoms with van der Waals surface area (Å²) in [6.07, 6.45) is 0.254. The second kappa shape index (κ2) is 5.16. The van der Waals surface area contributed by atoms with Crippen LogP contribution in [0.5, 0.6) is 0 Å². The summed E-state index contributed by atoms with van der Waals surface area (Å²) in [4.78, 5) is 11.1. The van der Waals surface area contributed by atoms with Crippen LogP contribution in [0.4, 0.5) is 0 Å². The van der Waals surface area contributed by atoms with E-state index in [-0.39, 0.29) is 12.2 Å². The lowest BCUT2D eigenvalue weighted by Crippen LogP contribution is -1.93. The van der Waals surface area contributed by atoms with Gasteiger partial charge in [0.1, 0.15) is 28.3 Å². The highest BCUT2D eigenvalue weighted by atomic mass is 35.5. The van der Waals surface area contributed by atoms with E-state index in [0.717, 1.165) is 11.7 Å². The van der Waals surface area contributed by atoms with Crippen LogP contribution in [0.2, 0.25) is 10.0 Å². The van der Waals surface area contributed by atoms with Crippen molar-refractivity contribution in [3.8, 4) is 11.3 Å². The zero-order valence-corrected chi connectivity index (χ0v) is 12.6. The van der Waals surface area contributed by atoms with Crippen LogP contribution in [-0.4, -0.2) is 14.5 Å². The van der Waals surface area contributed by atoms with Crippen molar-refractivity contribution in [1.82, 2.24) is 8.75 Å². The van der Waals surface area contributed by atoms with Crippen LogP contribution < -0.4 is 0 Å². The number of benzene rings is 1. The van der Waals surface area contributed by atoms with Gasteiger partial charge >= 0.3 is 0 Å². The normalized spacial score (nSPS) is 11.2. The van der Waals surface area contributed by atoms with E-state index < -0.39 is 0 Å². The lowest BCUT2D eigenvalue weighted by Gasteiger charge is -2.03. The number of rotatable bonds is 3. The molecule has 102 valence electrons. The summed E-state index contributed by atoms with van der Waals surface area (Å²) in [5, 5.41) is 0.900. The van der Waals surface area contributed by atoms with E-state index in [1.54, 1.807) is 18.2 Å². The van der Waals surface area contributed by atoms with Gasteiger partial charge in [0.05, 0.1) is 33.8 Å². The summed E-state index contributed by atoms with van der Waals surface area (Å²) in [5.74, 6) is 1.18. The number of carbonyl (C=O) groups is 1. The summed E-state index contributed by atoms with van der Waals surface area (Å²) in [6.45, 7) is 1.51. The van der Waals surface area contributed by atoms with Gasteiger partial charge in [-0.3, -0.25) is 4.79 Å². The largest absolute Gasteiger partial charge is 0.460 e. The van der Waals surface area contributed by atoms with Crippen molar-refractivity contribution in [2.24, 2.45) is 0 Å². The van der Waals surface area contributed by atoms with Crippen molar-refractivity contribution in [3.63, 3.8) is 0 Å². The number of aromatic nitrogens is 2. The minimum atomic E-state index is 0.0357. The van der Waals surface area contributed by atoms with Gasteiger partial charge in [0, 0.05) is 0 Å². The van der Waals surface area contributed by atoms with Crippen molar-refractivity contribution in [1.29, 1.82) is 0 Å². The SMILES string of the molecule is CC(=O)Cc1ccc(-c2c(Cl)cc(Cl)c3nsnc23)o1. The third kappa shape index (κ3) is 2.32. The fourth-order valence-electron chi connectivity index (χ4n) is 1.96. The predicted molar refractivity (Wildman–Crippen MR) is 79.5 cm³/mol. The van der Waals surface area contributed by atoms with Crippen molar-refractivity contribution in [3.05, 3.63) is 34.0 Å². The van der Waals surface area contributed by atoms with E-state index in [9.17, 15) is 4.79 Å². The van der Waals surface area contributed by atoms with E-state index in [1.165, 1.54) is 6.92 Å². The van der Waals surface area contributed by atoms with Gasteiger partial charge < -0.3 is 4.42 Å². The predicted octanol–water partition coefficient (Wildman–Crippen LogP) is 4.39. The summed E-state index contributed by atoms with van der Waals surface area (Å²) < 4.78 is 14.0. The molecule has 1 aromatic carbocycles. The van der Waals surface area contributed by atoms with E-state index in [4.69, 9.17) is 27.6 Å². The number of fused-ring (bicyclic) bond motifs is 1. The van der Waals surface area contributed by atoms with Gasteiger partial charge in [-0.1, -0.05) is 23.2 Å². The Morgan fingerprint density at radius 3 is 2.75 bits per heavy atom. The van der Waals surface area contributed by atoms with Crippen LogP contribution in [0.25, 0.3) is 22.4 Å². The van der Waals surface area contributed by atoms with Gasteiger partial charge in [0.15, 0.2) is 0 Å². The summed E-state index contributed by atoms with van der Waals surface area (Å²) in [7, 11) is 0. The first kappa shape index (κ1) is 13.5. The molecule has 0 radical (unpaired) electrons. The van der Waals surface area contributed by atoms with Crippen LogP contribution >= 0.6 is 34.9 Å². The Morgan fingerprint density at radius 1 is 1.25 bits per heavy atom. The number of furan rings is 1. The number of hydrogen-bond donors (Lipinski definition) is 0. The average Bonchev–Trinajstić information content (AvgIpc) is 2.98. The van der Waals surface area contributed by atoms with Gasteiger partial charge in [0.25, 0.3) is 0 Å². The zero-order valence-electron chi connectivity index (χ0n) is 10.3. The van der Waals surface area contributed by atoms with Crippen molar-refractivity contribution < 1.29 is 9.21 Å². The molecule has 3 aromatic rings. The number of Topliss-reactive ketones (excluding diaryl/α,β-unsaturated/α-hetero) is 1. The molecule has 7 heteroatoms. The molecular formula is C13H8Cl2N2O2S. The Balaban J connectivity index is 2.16. The van der Waals surface area contributed by atoms with Crippen molar-refractivity contribution in [2.45, 2.75) is 13.3 Å². The Kier molecular flexibility index (Phi) is 3.50. The van der Waals surface area contributed by atoms with Crippen LogP contribution in [0.3, 0.4) is 0 Å². The highest BCUT2D eigenvalue weighted by molar-refractivity contribution is 7.00. The minimum Gasteiger partial charge on any atom is -0.460 e. The molecule has 0 saturated carbocycles. The third-order valence-corrected chi connectivity index (χ3v) is 3.89. The standard InChI is InChI=1S/C13H8Cl2N2O2S/c1-6(18)4-7-2-3-10(19-7)11-8(14)5-9(15)12-13(11)17-20-16-12/h2-3,5H,4H2,1H3. The molecular weight excluding hydrogens is 319 g/mol. The zero-order chi connectivity index (χ0) is 14.3. The minimum absolute atomic E-state index is 0.0357. The first-order valence-electron chi connectivity index (χ1n) is 5.75. The summed E-state index contributed by atoms with van der Waals surface area (Å²) >= 11 is 13.4. The van der Waals surface area contributed by atoms with Crippen LogP contribution in [0.15, 0.2) is 22.6 Å². The Hall–Kier alpha value is -1.43. The number of hydrogen-bond acceptors (Lipinski definition) is 5. The molecule has 0 bridgehead atoms. The molecule has 0 aliphatic rings. The number of ketones is 1. The number of nitrogens with zero attached hydrogens (tertiary/aromatic N) is 2. The van der Waals surface area contributed by atoms with Crippen LogP contribution in [0, 0.1) is 0 Å². The molecule has 0 spiro atoms. The molecule has 2 heterocycles.